The van der Waals surface area contributed by atoms with Gasteiger partial charge in [-0.3, -0.25) is 9.59 Å². The average Bonchev–Trinajstić information content (AvgIpc) is 3.42. The first-order valence-electron chi connectivity index (χ1n) is 10.1. The van der Waals surface area contributed by atoms with Crippen molar-refractivity contribution in [3.63, 3.8) is 0 Å². The number of aliphatic hydroxyl groups excluding tert-OH is 2. The van der Waals surface area contributed by atoms with Gasteiger partial charge in [-0.25, -0.2) is 0 Å². The van der Waals surface area contributed by atoms with Crippen molar-refractivity contribution in [1.82, 2.24) is 15.5 Å². The van der Waals surface area contributed by atoms with Gasteiger partial charge in [-0.15, -0.1) is 11.3 Å². The first-order valence-corrected chi connectivity index (χ1v) is 10.9. The van der Waals surface area contributed by atoms with E-state index in [1.165, 1.54) is 11.3 Å². The van der Waals surface area contributed by atoms with E-state index in [4.69, 9.17) is 14.4 Å². The average molecular weight is 460 g/mol. The summed E-state index contributed by atoms with van der Waals surface area (Å²) in [4.78, 5) is 28.0. The minimum Gasteiger partial charge on any atom is -0.490 e. The first kappa shape index (κ1) is 23.6. The van der Waals surface area contributed by atoms with Gasteiger partial charge in [0.2, 0.25) is 11.7 Å². The molecule has 0 aliphatic carbocycles. The molecule has 0 fully saturated rings. The highest BCUT2D eigenvalue weighted by Crippen LogP contribution is 2.33. The fourth-order valence-corrected chi connectivity index (χ4v) is 4.04. The van der Waals surface area contributed by atoms with E-state index < -0.39 is 18.6 Å². The lowest BCUT2D eigenvalue weighted by Crippen LogP contribution is -2.36. The molecule has 0 radical (unpaired) electrons. The van der Waals surface area contributed by atoms with Gasteiger partial charge < -0.3 is 24.8 Å². The number of nitrogens with one attached hydrogen (secondary N) is 1. The summed E-state index contributed by atoms with van der Waals surface area (Å²) < 4.78 is 11.2. The molecular formula is C22H25N3O6S. The van der Waals surface area contributed by atoms with Crippen LogP contribution in [0.25, 0.3) is 22.2 Å². The zero-order chi connectivity index (χ0) is 23.3. The topological polar surface area (TPSA) is 135 Å². The highest BCUT2D eigenvalue weighted by molar-refractivity contribution is 7.17. The summed E-state index contributed by atoms with van der Waals surface area (Å²) in [5.74, 6) is 0.871. The van der Waals surface area contributed by atoms with Crippen LogP contribution in [0.3, 0.4) is 0 Å². The molecule has 1 aromatic carbocycles. The number of amides is 1. The Hall–Kier alpha value is -3.08. The van der Waals surface area contributed by atoms with Crippen molar-refractivity contribution >= 4 is 23.5 Å². The summed E-state index contributed by atoms with van der Waals surface area (Å²) in [6, 6.07) is 5.63. The summed E-state index contributed by atoms with van der Waals surface area (Å²) in [6.07, 6.45) is 0.576. The number of aromatic nitrogens is 2. The van der Waals surface area contributed by atoms with E-state index in [0.29, 0.717) is 28.8 Å². The van der Waals surface area contributed by atoms with Crippen molar-refractivity contribution in [2.45, 2.75) is 33.3 Å². The number of thiophene rings is 1. The zero-order valence-corrected chi connectivity index (χ0v) is 18.9. The van der Waals surface area contributed by atoms with E-state index in [2.05, 4.69) is 15.5 Å². The molecule has 0 spiro atoms. The Kier molecular flexibility index (Phi) is 7.73. The zero-order valence-electron chi connectivity index (χ0n) is 18.0. The summed E-state index contributed by atoms with van der Waals surface area (Å²) >= 11 is 1.30. The number of nitrogens with zero attached hydrogens (tertiary/aromatic N) is 2. The maximum atomic E-state index is 11.1. The van der Waals surface area contributed by atoms with Crippen LogP contribution >= 0.6 is 11.3 Å². The second-order valence-electron chi connectivity index (χ2n) is 7.26. The van der Waals surface area contributed by atoms with Crippen molar-refractivity contribution < 1.29 is 29.1 Å². The number of aryl methyl sites for hydroxylation is 3. The Morgan fingerprint density at radius 3 is 2.75 bits per heavy atom. The summed E-state index contributed by atoms with van der Waals surface area (Å²) in [5.41, 5.74) is 3.38. The molecular weight excluding hydrogens is 434 g/mol. The summed E-state index contributed by atoms with van der Waals surface area (Å²) in [5, 5.41) is 25.2. The maximum Gasteiger partial charge on any atom is 0.268 e. The summed E-state index contributed by atoms with van der Waals surface area (Å²) in [6.45, 7) is 5.07. The van der Waals surface area contributed by atoms with E-state index in [1.54, 1.807) is 0 Å². The van der Waals surface area contributed by atoms with Crippen LogP contribution in [-0.2, 0) is 11.2 Å². The molecule has 0 unspecified atom stereocenters. The van der Waals surface area contributed by atoms with Gasteiger partial charge in [0.1, 0.15) is 25.1 Å². The highest BCUT2D eigenvalue weighted by atomic mass is 32.1. The minimum absolute atomic E-state index is 0.0119. The molecule has 0 saturated heterocycles. The minimum atomic E-state index is -0.917. The van der Waals surface area contributed by atoms with Gasteiger partial charge in [0.05, 0.1) is 9.75 Å². The van der Waals surface area contributed by atoms with Crippen LogP contribution in [-0.4, -0.2) is 58.4 Å². The van der Waals surface area contributed by atoms with E-state index in [9.17, 15) is 14.7 Å². The number of rotatable bonds is 10. The largest absolute Gasteiger partial charge is 0.490 e. The van der Waals surface area contributed by atoms with Crippen LogP contribution in [0.5, 0.6) is 5.75 Å². The third-order valence-electron chi connectivity index (χ3n) is 4.79. The van der Waals surface area contributed by atoms with Crippen LogP contribution in [0.2, 0.25) is 0 Å². The number of ether oxygens (including phenoxy) is 1. The normalized spacial score (nSPS) is 11.9. The quantitative estimate of drug-likeness (QED) is 0.393. The second-order valence-corrected chi connectivity index (χ2v) is 8.34. The van der Waals surface area contributed by atoms with Crippen LogP contribution in [0, 0.1) is 13.8 Å². The molecule has 0 aliphatic rings. The van der Waals surface area contributed by atoms with Gasteiger partial charge in [-0.1, -0.05) is 12.1 Å². The number of benzene rings is 1. The Morgan fingerprint density at radius 2 is 2.09 bits per heavy atom. The number of carbonyl (C=O) groups is 2. The van der Waals surface area contributed by atoms with Gasteiger partial charge in [-0.05, 0) is 55.2 Å². The predicted octanol–water partition coefficient (Wildman–Crippen LogP) is 2.31. The van der Waals surface area contributed by atoms with E-state index in [-0.39, 0.29) is 13.2 Å². The van der Waals surface area contributed by atoms with E-state index in [1.807, 2.05) is 39.0 Å². The number of hydrogen-bond donors (Lipinski definition) is 3. The number of hydrogen-bond acceptors (Lipinski definition) is 9. The predicted molar refractivity (Wildman–Crippen MR) is 119 cm³/mol. The second kappa shape index (κ2) is 10.5. The Labute approximate surface area is 189 Å². The van der Waals surface area contributed by atoms with Gasteiger partial charge >= 0.3 is 0 Å². The van der Waals surface area contributed by atoms with Gasteiger partial charge in [-0.2, -0.15) is 4.98 Å². The molecule has 170 valence electrons. The number of carbonyl (C=O) groups excluding carboxylic acids is 2. The first-order chi connectivity index (χ1) is 15.4. The van der Waals surface area contributed by atoms with E-state index in [0.717, 1.165) is 33.4 Å². The monoisotopic (exact) mass is 459 g/mol. The SMILES string of the molecule is CCc1cc(-c2noc(-c3cc(C)c(C=O)s3)n2)cc(C)c1OC[C@@H](O)CNC(=O)CO. The van der Waals surface area contributed by atoms with Gasteiger partial charge in [0.15, 0.2) is 6.29 Å². The van der Waals surface area contributed by atoms with Crippen molar-refractivity contribution in [2.75, 3.05) is 19.8 Å². The van der Waals surface area contributed by atoms with E-state index >= 15 is 0 Å². The molecule has 9 nitrogen and oxygen atoms in total. The lowest BCUT2D eigenvalue weighted by Gasteiger charge is -2.17. The molecule has 32 heavy (non-hydrogen) atoms. The Morgan fingerprint density at radius 1 is 1.31 bits per heavy atom. The van der Waals surface area contributed by atoms with Crippen LogP contribution < -0.4 is 10.1 Å². The lowest BCUT2D eigenvalue weighted by molar-refractivity contribution is -0.124. The fraction of sp³-hybridized carbons (Fsp3) is 0.364. The Bertz CT molecular complexity index is 1110. The number of aliphatic hydroxyl groups is 2. The van der Waals surface area contributed by atoms with Gasteiger partial charge in [0, 0.05) is 12.1 Å². The highest BCUT2D eigenvalue weighted by Gasteiger charge is 2.18. The third kappa shape index (κ3) is 5.39. The third-order valence-corrected chi connectivity index (χ3v) is 5.94. The molecule has 0 saturated carbocycles. The molecule has 2 aromatic heterocycles. The van der Waals surface area contributed by atoms with Crippen molar-refractivity contribution in [3.8, 4) is 27.9 Å². The molecule has 1 amide bonds. The smallest absolute Gasteiger partial charge is 0.268 e. The standard InChI is InChI=1S/C22H25N3O6S/c1-4-14-7-15(5-13(3)20(14)30-11-16(28)8-23-19(29)10-27)21-24-22(31-25-21)17-6-12(2)18(9-26)32-17/h5-7,9,16,27-28H,4,8,10-11H2,1-3H3,(H,23,29)/t16-/m0/s1. The molecule has 3 N–H and O–H groups in total. The molecule has 3 rings (SSSR count). The van der Waals surface area contributed by atoms with Gasteiger partial charge in [0.25, 0.3) is 5.89 Å². The maximum absolute atomic E-state index is 11.1. The van der Waals surface area contributed by atoms with Crippen molar-refractivity contribution in [2.24, 2.45) is 0 Å². The molecule has 3 aromatic rings. The summed E-state index contributed by atoms with van der Waals surface area (Å²) in [7, 11) is 0. The fourth-order valence-electron chi connectivity index (χ4n) is 3.13. The van der Waals surface area contributed by atoms with Crippen LogP contribution in [0.15, 0.2) is 22.7 Å². The molecule has 2 heterocycles. The van der Waals surface area contributed by atoms with Crippen LogP contribution in [0.4, 0.5) is 0 Å². The van der Waals surface area contributed by atoms with Crippen LogP contribution in [0.1, 0.15) is 33.3 Å². The molecule has 0 bridgehead atoms. The van der Waals surface area contributed by atoms with Crippen molar-refractivity contribution in [1.29, 1.82) is 0 Å². The van der Waals surface area contributed by atoms with Crippen molar-refractivity contribution in [3.05, 3.63) is 39.8 Å². The number of aldehydes is 1. The molecule has 1 atom stereocenters. The lowest BCUT2D eigenvalue weighted by atomic mass is 10.0. The Balaban J connectivity index is 1.77. The molecule has 10 heteroatoms. The molecule has 0 aliphatic heterocycles.